The number of rotatable bonds is 3. The van der Waals surface area contributed by atoms with E-state index in [9.17, 15) is 4.79 Å². The van der Waals surface area contributed by atoms with Crippen molar-refractivity contribution in [3.05, 3.63) is 0 Å². The summed E-state index contributed by atoms with van der Waals surface area (Å²) in [7, 11) is 0. The molecule has 2 heterocycles. The topological polar surface area (TPSA) is 41.1 Å². The fraction of sp³-hybridized carbons (Fsp3) is 0.923. The molecule has 1 amide bonds. The van der Waals surface area contributed by atoms with E-state index in [0.717, 1.165) is 26.1 Å². The zero-order valence-electron chi connectivity index (χ0n) is 10.7. The van der Waals surface area contributed by atoms with Crippen LogP contribution in [-0.2, 0) is 4.79 Å². The van der Waals surface area contributed by atoms with Gasteiger partial charge in [0.15, 0.2) is 0 Å². The lowest BCUT2D eigenvalue weighted by atomic mass is 9.92. The molecule has 2 saturated heterocycles. The number of amides is 1. The van der Waals surface area contributed by atoms with E-state index in [0.29, 0.717) is 22.5 Å². The highest BCUT2D eigenvalue weighted by Gasteiger charge is 2.57. The average Bonchev–Trinajstić information content (AvgIpc) is 3.12. The maximum atomic E-state index is 12.2. The van der Waals surface area contributed by atoms with Gasteiger partial charge in [-0.25, -0.2) is 0 Å². The standard InChI is InChI=1S/C13H22N2OS2/c16-12(15-8-10-9-17-5-6-18-10)11-7-13(11)1-3-14-4-2-13/h10-11,14H,1-9H2,(H,15,16). The van der Waals surface area contributed by atoms with Gasteiger partial charge in [-0.15, -0.1) is 0 Å². The van der Waals surface area contributed by atoms with Crippen LogP contribution >= 0.6 is 23.5 Å². The lowest BCUT2D eigenvalue weighted by Crippen LogP contribution is -2.37. The van der Waals surface area contributed by atoms with Gasteiger partial charge >= 0.3 is 0 Å². The summed E-state index contributed by atoms with van der Waals surface area (Å²) in [4.78, 5) is 12.2. The van der Waals surface area contributed by atoms with Gasteiger partial charge in [0.1, 0.15) is 0 Å². The minimum atomic E-state index is 0.320. The van der Waals surface area contributed by atoms with Crippen LogP contribution in [0.25, 0.3) is 0 Å². The molecule has 3 nitrogen and oxygen atoms in total. The van der Waals surface area contributed by atoms with Gasteiger partial charge < -0.3 is 10.6 Å². The third-order valence-corrected chi connectivity index (χ3v) is 7.34. The molecule has 102 valence electrons. The van der Waals surface area contributed by atoms with Crippen LogP contribution in [0.3, 0.4) is 0 Å². The highest BCUT2D eigenvalue weighted by atomic mass is 32.2. The van der Waals surface area contributed by atoms with Gasteiger partial charge in [0.05, 0.1) is 0 Å². The van der Waals surface area contributed by atoms with Crippen molar-refractivity contribution in [3.8, 4) is 0 Å². The van der Waals surface area contributed by atoms with Gasteiger partial charge in [-0.2, -0.15) is 23.5 Å². The van der Waals surface area contributed by atoms with E-state index >= 15 is 0 Å². The van der Waals surface area contributed by atoms with Crippen LogP contribution < -0.4 is 10.6 Å². The number of thioether (sulfide) groups is 2. The summed E-state index contributed by atoms with van der Waals surface area (Å²) in [6.45, 7) is 3.07. The Balaban J connectivity index is 1.42. The minimum Gasteiger partial charge on any atom is -0.355 e. The van der Waals surface area contributed by atoms with E-state index < -0.39 is 0 Å². The van der Waals surface area contributed by atoms with Crippen LogP contribution in [0.1, 0.15) is 19.3 Å². The maximum Gasteiger partial charge on any atom is 0.223 e. The first-order chi connectivity index (χ1) is 8.80. The summed E-state index contributed by atoms with van der Waals surface area (Å²) in [5.41, 5.74) is 0.379. The largest absolute Gasteiger partial charge is 0.355 e. The molecule has 0 bridgehead atoms. The Morgan fingerprint density at radius 3 is 2.89 bits per heavy atom. The normalized spacial score (nSPS) is 34.2. The molecule has 1 aliphatic carbocycles. The molecular formula is C13H22N2OS2. The van der Waals surface area contributed by atoms with E-state index in [1.54, 1.807) is 0 Å². The Bertz CT molecular complexity index is 312. The molecule has 2 unspecified atom stereocenters. The summed E-state index contributed by atoms with van der Waals surface area (Å²) in [6.07, 6.45) is 3.52. The molecule has 5 heteroatoms. The first kappa shape index (κ1) is 13.1. The Labute approximate surface area is 118 Å². The van der Waals surface area contributed by atoms with Crippen molar-refractivity contribution in [1.29, 1.82) is 0 Å². The van der Waals surface area contributed by atoms with Gasteiger partial charge in [-0.3, -0.25) is 4.79 Å². The number of hydrogen-bond donors (Lipinski definition) is 2. The van der Waals surface area contributed by atoms with Crippen molar-refractivity contribution in [2.45, 2.75) is 24.5 Å². The van der Waals surface area contributed by atoms with Crippen LogP contribution in [0.15, 0.2) is 0 Å². The molecule has 0 aromatic heterocycles. The van der Waals surface area contributed by atoms with Crippen LogP contribution in [0.2, 0.25) is 0 Å². The zero-order valence-corrected chi connectivity index (χ0v) is 12.4. The molecule has 0 aromatic carbocycles. The van der Waals surface area contributed by atoms with E-state index in [-0.39, 0.29) is 0 Å². The Morgan fingerprint density at radius 1 is 1.33 bits per heavy atom. The Morgan fingerprint density at radius 2 is 2.17 bits per heavy atom. The molecule has 3 fully saturated rings. The van der Waals surface area contributed by atoms with Gasteiger partial charge in [-0.1, -0.05) is 0 Å². The molecule has 3 aliphatic rings. The Kier molecular flexibility index (Phi) is 4.11. The van der Waals surface area contributed by atoms with Gasteiger partial charge in [0.2, 0.25) is 5.91 Å². The SMILES string of the molecule is O=C(NCC1CSCCS1)C1CC12CCNCC2. The van der Waals surface area contributed by atoms with Crippen molar-refractivity contribution in [1.82, 2.24) is 10.6 Å². The first-order valence-corrected chi connectivity index (χ1v) is 9.18. The third kappa shape index (κ3) is 2.83. The number of nitrogens with one attached hydrogen (secondary N) is 2. The number of hydrogen-bond acceptors (Lipinski definition) is 4. The fourth-order valence-corrected chi connectivity index (χ4v) is 5.80. The van der Waals surface area contributed by atoms with Crippen LogP contribution in [0.4, 0.5) is 0 Å². The van der Waals surface area contributed by atoms with E-state index in [1.165, 1.54) is 30.1 Å². The lowest BCUT2D eigenvalue weighted by molar-refractivity contribution is -0.123. The third-order valence-electron chi connectivity index (χ3n) is 4.49. The quantitative estimate of drug-likeness (QED) is 0.821. The Hall–Kier alpha value is 0.130. The summed E-state index contributed by atoms with van der Waals surface area (Å²) >= 11 is 4.04. The van der Waals surface area contributed by atoms with E-state index in [2.05, 4.69) is 10.6 Å². The first-order valence-electron chi connectivity index (χ1n) is 6.98. The zero-order chi connectivity index (χ0) is 12.4. The van der Waals surface area contributed by atoms with Crippen molar-refractivity contribution < 1.29 is 4.79 Å². The van der Waals surface area contributed by atoms with Crippen molar-refractivity contribution in [2.24, 2.45) is 11.3 Å². The molecule has 1 saturated carbocycles. The van der Waals surface area contributed by atoms with Crippen LogP contribution in [0, 0.1) is 11.3 Å². The molecule has 18 heavy (non-hydrogen) atoms. The number of carbonyl (C=O) groups is 1. The predicted molar refractivity (Wildman–Crippen MR) is 79.2 cm³/mol. The van der Waals surface area contributed by atoms with Crippen molar-refractivity contribution in [3.63, 3.8) is 0 Å². The van der Waals surface area contributed by atoms with Crippen molar-refractivity contribution >= 4 is 29.4 Å². The van der Waals surface area contributed by atoms with E-state index in [4.69, 9.17) is 0 Å². The fourth-order valence-electron chi connectivity index (χ4n) is 3.19. The summed E-state index contributed by atoms with van der Waals surface area (Å²) in [5.74, 6) is 4.36. The minimum absolute atomic E-state index is 0.320. The highest BCUT2D eigenvalue weighted by Crippen LogP contribution is 2.58. The maximum absolute atomic E-state index is 12.2. The second-order valence-electron chi connectivity index (χ2n) is 5.68. The molecule has 2 atom stereocenters. The predicted octanol–water partition coefficient (Wildman–Crippen LogP) is 1.34. The highest BCUT2D eigenvalue weighted by molar-refractivity contribution is 8.06. The van der Waals surface area contributed by atoms with Crippen LogP contribution in [-0.4, -0.2) is 48.0 Å². The molecule has 1 spiro atoms. The smallest absolute Gasteiger partial charge is 0.223 e. The second-order valence-corrected chi connectivity index (χ2v) is 8.24. The monoisotopic (exact) mass is 286 g/mol. The molecule has 0 radical (unpaired) electrons. The van der Waals surface area contributed by atoms with Crippen LogP contribution in [0.5, 0.6) is 0 Å². The molecule has 3 rings (SSSR count). The molecule has 0 aromatic rings. The number of piperidine rings is 1. The molecule has 2 N–H and O–H groups in total. The summed E-state index contributed by atoms with van der Waals surface area (Å²) < 4.78 is 0. The second kappa shape index (κ2) is 5.63. The molecular weight excluding hydrogens is 264 g/mol. The molecule has 2 aliphatic heterocycles. The summed E-state index contributed by atoms with van der Waals surface area (Å²) in [6, 6.07) is 0. The van der Waals surface area contributed by atoms with Gasteiger partial charge in [-0.05, 0) is 37.8 Å². The van der Waals surface area contributed by atoms with Crippen molar-refractivity contribution in [2.75, 3.05) is 36.9 Å². The van der Waals surface area contributed by atoms with E-state index in [1.807, 2.05) is 23.5 Å². The van der Waals surface area contributed by atoms with Gasteiger partial charge in [0, 0.05) is 35.0 Å². The average molecular weight is 286 g/mol. The lowest BCUT2D eigenvalue weighted by Gasteiger charge is -2.24. The summed E-state index contributed by atoms with van der Waals surface area (Å²) in [5, 5.41) is 7.21. The number of carbonyl (C=O) groups excluding carboxylic acids is 1. The van der Waals surface area contributed by atoms with Gasteiger partial charge in [0.25, 0.3) is 0 Å².